The number of aryl methyl sites for hydroxylation is 1. The lowest BCUT2D eigenvalue weighted by Gasteiger charge is -2.41. The molecule has 1 spiro atoms. The fourth-order valence-corrected chi connectivity index (χ4v) is 4.68. The van der Waals surface area contributed by atoms with Gasteiger partial charge in [-0.25, -0.2) is 0 Å². The molecule has 2 heterocycles. The number of carbonyl (C=O) groups excluding carboxylic acids is 2. The predicted octanol–water partition coefficient (Wildman–Crippen LogP) is 3.31. The lowest BCUT2D eigenvalue weighted by atomic mass is 9.62. The highest BCUT2D eigenvalue weighted by Gasteiger charge is 2.61. The number of nitrogens with one attached hydrogen (secondary N) is 1. The van der Waals surface area contributed by atoms with Gasteiger partial charge in [-0.05, 0) is 24.0 Å². The van der Waals surface area contributed by atoms with Crippen LogP contribution < -0.4 is 11.1 Å². The number of hydrogen-bond donors (Lipinski definition) is 2. The largest absolute Gasteiger partial charge is 0.444 e. The lowest BCUT2D eigenvalue weighted by Crippen LogP contribution is -2.48. The number of fused-ring (bicyclic) bond motifs is 3. The average Bonchev–Trinajstić information content (AvgIpc) is 2.79. The minimum atomic E-state index is -1.55. The molecular formula is C20H18BrN3O3. The number of carbonyl (C=O) groups is 2. The third-order valence-corrected chi connectivity index (χ3v) is 6.32. The van der Waals surface area contributed by atoms with E-state index in [1.165, 1.54) is 0 Å². The summed E-state index contributed by atoms with van der Waals surface area (Å²) in [7, 11) is 0. The van der Waals surface area contributed by atoms with Crippen LogP contribution in [0, 0.1) is 23.7 Å². The van der Waals surface area contributed by atoms with Gasteiger partial charge < -0.3 is 15.8 Å². The Morgan fingerprint density at radius 3 is 2.67 bits per heavy atom. The maximum absolute atomic E-state index is 13.3. The number of benzene rings is 1. The smallest absolute Gasteiger partial charge is 0.245 e. The first-order valence-corrected chi connectivity index (χ1v) is 9.38. The predicted molar refractivity (Wildman–Crippen MR) is 102 cm³/mol. The first-order valence-electron chi connectivity index (χ1n) is 8.59. The Kier molecular flexibility index (Phi) is 3.60. The van der Waals surface area contributed by atoms with Crippen LogP contribution in [0.4, 0.5) is 5.69 Å². The topological polar surface area (TPSA) is 105 Å². The normalized spacial score (nSPS) is 25.7. The molecule has 1 aliphatic carbocycles. The molecule has 1 aromatic rings. The van der Waals surface area contributed by atoms with E-state index in [-0.39, 0.29) is 34.6 Å². The number of ketones is 1. The highest BCUT2D eigenvalue weighted by atomic mass is 79.9. The highest BCUT2D eigenvalue weighted by molar-refractivity contribution is 9.10. The second-order valence-corrected chi connectivity index (χ2v) is 8.90. The number of rotatable bonds is 0. The van der Waals surface area contributed by atoms with Crippen molar-refractivity contribution in [2.45, 2.75) is 39.0 Å². The van der Waals surface area contributed by atoms with E-state index in [1.807, 2.05) is 32.9 Å². The van der Waals surface area contributed by atoms with Gasteiger partial charge in [0.25, 0.3) is 0 Å². The number of nitriles is 1. The molecule has 138 valence electrons. The number of nitrogens with two attached hydrogens (primary N) is 1. The number of Topliss-reactive ketones (excluding diaryl/α,β-unsaturated/α-hetero) is 1. The molecular weight excluding hydrogens is 410 g/mol. The van der Waals surface area contributed by atoms with E-state index in [0.717, 1.165) is 10.0 Å². The Morgan fingerprint density at radius 2 is 2.00 bits per heavy atom. The summed E-state index contributed by atoms with van der Waals surface area (Å²) in [5, 5.41) is 12.7. The molecule has 1 aromatic carbocycles. The number of allylic oxidation sites excluding steroid dienone is 1. The molecule has 0 fully saturated rings. The fraction of sp³-hybridized carbons (Fsp3) is 0.350. The van der Waals surface area contributed by atoms with Crippen molar-refractivity contribution in [2.75, 3.05) is 5.32 Å². The Morgan fingerprint density at radius 1 is 1.30 bits per heavy atom. The summed E-state index contributed by atoms with van der Waals surface area (Å²) in [5.41, 5.74) is 6.43. The second kappa shape index (κ2) is 5.46. The SMILES string of the molecule is Cc1cc2c(cc1Br)NC(=O)[C@]21C(C#N)=C(N)OC2=C1C(=O)CC(C)(C)C2. The summed E-state index contributed by atoms with van der Waals surface area (Å²) in [6.45, 7) is 5.82. The molecule has 0 bridgehead atoms. The summed E-state index contributed by atoms with van der Waals surface area (Å²) >= 11 is 3.46. The van der Waals surface area contributed by atoms with Gasteiger partial charge in [0.2, 0.25) is 11.8 Å². The van der Waals surface area contributed by atoms with Crippen LogP contribution in [0.5, 0.6) is 0 Å². The summed E-state index contributed by atoms with van der Waals surface area (Å²) < 4.78 is 6.53. The molecule has 27 heavy (non-hydrogen) atoms. The number of halogens is 1. The standard InChI is InChI=1S/C20H18BrN3O3/c1-9-4-10-13(5-12(9)21)24-18(26)20(10)11(8-22)17(23)27-15-7-19(2,3)6-14(25)16(15)20/h4-5H,6-7,23H2,1-3H3,(H,24,26)/t20-/m0/s1. The summed E-state index contributed by atoms with van der Waals surface area (Å²) in [6, 6.07) is 5.65. The Hall–Kier alpha value is -2.59. The molecule has 0 aromatic heterocycles. The van der Waals surface area contributed by atoms with Crippen molar-refractivity contribution < 1.29 is 14.3 Å². The van der Waals surface area contributed by atoms with Crippen molar-refractivity contribution in [1.82, 2.24) is 0 Å². The van der Waals surface area contributed by atoms with Crippen molar-refractivity contribution in [3.63, 3.8) is 0 Å². The fourth-order valence-electron chi connectivity index (χ4n) is 4.33. The third-order valence-electron chi connectivity index (χ3n) is 5.47. The molecule has 0 saturated heterocycles. The van der Waals surface area contributed by atoms with Gasteiger partial charge in [0, 0.05) is 28.6 Å². The molecule has 1 atom stereocenters. The van der Waals surface area contributed by atoms with Crippen LogP contribution in [0.15, 0.2) is 39.4 Å². The van der Waals surface area contributed by atoms with E-state index < -0.39 is 11.3 Å². The van der Waals surface area contributed by atoms with E-state index in [9.17, 15) is 14.9 Å². The molecule has 0 unspecified atom stereocenters. The average molecular weight is 428 g/mol. The van der Waals surface area contributed by atoms with Crippen LogP contribution in [0.2, 0.25) is 0 Å². The number of hydrogen-bond acceptors (Lipinski definition) is 5. The maximum Gasteiger partial charge on any atom is 0.245 e. The molecule has 6 nitrogen and oxygen atoms in total. The number of ether oxygens (including phenoxy) is 1. The van der Waals surface area contributed by atoms with Crippen molar-refractivity contribution in [3.05, 3.63) is 50.5 Å². The van der Waals surface area contributed by atoms with E-state index in [0.29, 0.717) is 23.4 Å². The molecule has 2 aliphatic heterocycles. The molecule has 1 amide bonds. The van der Waals surface area contributed by atoms with Crippen molar-refractivity contribution in [2.24, 2.45) is 11.1 Å². The molecule has 3 N–H and O–H groups in total. The van der Waals surface area contributed by atoms with E-state index >= 15 is 0 Å². The van der Waals surface area contributed by atoms with Gasteiger partial charge in [0.15, 0.2) is 5.78 Å². The van der Waals surface area contributed by atoms with Crippen LogP contribution in [0.1, 0.15) is 37.8 Å². The summed E-state index contributed by atoms with van der Waals surface area (Å²) in [5.74, 6) is -0.370. The van der Waals surface area contributed by atoms with Crippen LogP contribution >= 0.6 is 15.9 Å². The van der Waals surface area contributed by atoms with Gasteiger partial charge in [-0.15, -0.1) is 0 Å². The van der Waals surface area contributed by atoms with Crippen molar-refractivity contribution >= 4 is 33.3 Å². The molecule has 4 rings (SSSR count). The van der Waals surface area contributed by atoms with Crippen molar-refractivity contribution in [1.29, 1.82) is 5.26 Å². The molecule has 0 radical (unpaired) electrons. The second-order valence-electron chi connectivity index (χ2n) is 8.04. The Bertz CT molecular complexity index is 1050. The van der Waals surface area contributed by atoms with Gasteiger partial charge in [0.1, 0.15) is 22.8 Å². The molecule has 0 saturated carbocycles. The van der Waals surface area contributed by atoms with E-state index in [1.54, 1.807) is 6.07 Å². The molecule has 3 aliphatic rings. The highest BCUT2D eigenvalue weighted by Crippen LogP contribution is 2.56. The van der Waals surface area contributed by atoms with Gasteiger partial charge in [-0.2, -0.15) is 5.26 Å². The number of amides is 1. The quantitative estimate of drug-likeness (QED) is 0.660. The van der Waals surface area contributed by atoms with Crippen LogP contribution in [0.25, 0.3) is 0 Å². The number of nitrogens with zero attached hydrogens (tertiary/aromatic N) is 1. The minimum Gasteiger partial charge on any atom is -0.444 e. The van der Waals surface area contributed by atoms with E-state index in [2.05, 4.69) is 21.2 Å². The zero-order chi connectivity index (χ0) is 19.7. The van der Waals surface area contributed by atoms with Gasteiger partial charge >= 0.3 is 0 Å². The zero-order valence-electron chi connectivity index (χ0n) is 15.2. The Labute approximate surface area is 165 Å². The summed E-state index contributed by atoms with van der Waals surface area (Å²) in [4.78, 5) is 26.5. The van der Waals surface area contributed by atoms with E-state index in [4.69, 9.17) is 10.5 Å². The zero-order valence-corrected chi connectivity index (χ0v) is 16.8. The first kappa shape index (κ1) is 17.8. The lowest BCUT2D eigenvalue weighted by molar-refractivity contribution is -0.124. The first-order chi connectivity index (χ1) is 12.6. The van der Waals surface area contributed by atoms with Gasteiger partial charge in [-0.1, -0.05) is 35.8 Å². The minimum absolute atomic E-state index is 0.0349. The van der Waals surface area contributed by atoms with Gasteiger partial charge in [0.05, 0.1) is 5.57 Å². The van der Waals surface area contributed by atoms with Crippen LogP contribution in [-0.2, 0) is 19.7 Å². The monoisotopic (exact) mass is 427 g/mol. The Balaban J connectivity index is 2.11. The van der Waals surface area contributed by atoms with Crippen LogP contribution in [-0.4, -0.2) is 11.7 Å². The molecule has 7 heteroatoms. The van der Waals surface area contributed by atoms with Crippen molar-refractivity contribution in [3.8, 4) is 6.07 Å². The maximum atomic E-state index is 13.3. The number of anilines is 1. The van der Waals surface area contributed by atoms with Crippen LogP contribution in [0.3, 0.4) is 0 Å². The van der Waals surface area contributed by atoms with Gasteiger partial charge in [-0.3, -0.25) is 9.59 Å². The third kappa shape index (κ3) is 2.23. The summed E-state index contributed by atoms with van der Waals surface area (Å²) in [6.07, 6.45) is 0.737.